The maximum atomic E-state index is 13.2. The Hall–Kier alpha value is -1.86. The van der Waals surface area contributed by atoms with Crippen LogP contribution < -0.4 is 4.74 Å². The second-order valence-corrected chi connectivity index (χ2v) is 9.16. The van der Waals surface area contributed by atoms with Gasteiger partial charge in [-0.2, -0.15) is 17.2 Å². The lowest BCUT2D eigenvalue weighted by Crippen LogP contribution is -2.34. The van der Waals surface area contributed by atoms with Crippen LogP contribution in [0.1, 0.15) is 29.8 Å². The molecule has 0 aliphatic carbocycles. The Bertz CT molecular complexity index is 1010. The van der Waals surface area contributed by atoms with E-state index in [0.29, 0.717) is 14.9 Å². The SMILES string of the molecule is CC(C)(Oc1ccc(C(=O)OCC(F)(F)S(=O)(=O)O)cc1I)c1ccc(F)cc1. The van der Waals surface area contributed by atoms with E-state index in [0.717, 1.165) is 0 Å². The molecule has 1 N–H and O–H groups in total. The molecule has 2 rings (SSSR count). The first-order chi connectivity index (χ1) is 13.2. The van der Waals surface area contributed by atoms with Crippen LogP contribution >= 0.6 is 22.6 Å². The zero-order valence-corrected chi connectivity index (χ0v) is 18.1. The molecule has 0 saturated carbocycles. The summed E-state index contributed by atoms with van der Waals surface area (Å²) in [5, 5.41) is -4.61. The molecule has 0 aliphatic heterocycles. The lowest BCUT2D eigenvalue weighted by molar-refractivity contribution is -0.00951. The molecule has 0 aromatic heterocycles. The monoisotopic (exact) mass is 544 g/mol. The molecule has 0 atom stereocenters. The molecule has 158 valence electrons. The minimum Gasteiger partial charge on any atom is -0.482 e. The highest BCUT2D eigenvalue weighted by molar-refractivity contribution is 14.1. The van der Waals surface area contributed by atoms with Crippen molar-refractivity contribution in [1.29, 1.82) is 0 Å². The van der Waals surface area contributed by atoms with Gasteiger partial charge in [0, 0.05) is 0 Å². The standard InChI is InChI=1S/C18H16F3IO6S/c1-17(2,12-4-6-13(19)7-5-12)28-15-8-3-11(9-14(15)22)16(23)27-10-18(20,21)29(24,25)26/h3-9H,10H2,1-2H3,(H,24,25,26). The fourth-order valence-corrected chi connectivity index (χ4v) is 3.04. The van der Waals surface area contributed by atoms with Gasteiger partial charge in [0.2, 0.25) is 0 Å². The summed E-state index contributed by atoms with van der Waals surface area (Å²) >= 11 is 1.86. The van der Waals surface area contributed by atoms with Gasteiger partial charge in [-0.3, -0.25) is 4.55 Å². The largest absolute Gasteiger partial charge is 0.482 e. The van der Waals surface area contributed by atoms with E-state index in [1.807, 2.05) is 22.6 Å². The van der Waals surface area contributed by atoms with Crippen molar-refractivity contribution >= 4 is 38.7 Å². The third-order valence-electron chi connectivity index (χ3n) is 3.82. The Morgan fingerprint density at radius 2 is 1.72 bits per heavy atom. The van der Waals surface area contributed by atoms with E-state index in [1.165, 1.54) is 30.3 Å². The summed E-state index contributed by atoms with van der Waals surface area (Å²) in [5.41, 5.74) is -0.259. The Morgan fingerprint density at radius 3 is 2.24 bits per heavy atom. The van der Waals surface area contributed by atoms with Gasteiger partial charge >= 0.3 is 21.3 Å². The zero-order valence-electron chi connectivity index (χ0n) is 15.2. The average Bonchev–Trinajstić information content (AvgIpc) is 2.60. The van der Waals surface area contributed by atoms with Crippen LogP contribution in [-0.4, -0.2) is 30.8 Å². The highest BCUT2D eigenvalue weighted by Crippen LogP contribution is 2.32. The Labute approximate surface area is 178 Å². The highest BCUT2D eigenvalue weighted by Gasteiger charge is 2.45. The molecule has 6 nitrogen and oxygen atoms in total. The number of esters is 1. The molecular weight excluding hydrogens is 528 g/mol. The lowest BCUT2D eigenvalue weighted by Gasteiger charge is -2.27. The van der Waals surface area contributed by atoms with Crippen molar-refractivity contribution in [1.82, 2.24) is 0 Å². The molecule has 0 spiro atoms. The van der Waals surface area contributed by atoms with Crippen molar-refractivity contribution in [2.45, 2.75) is 24.7 Å². The van der Waals surface area contributed by atoms with Crippen molar-refractivity contribution in [2.24, 2.45) is 0 Å². The highest BCUT2D eigenvalue weighted by atomic mass is 127. The molecule has 2 aromatic rings. The van der Waals surface area contributed by atoms with E-state index >= 15 is 0 Å². The third kappa shape index (κ3) is 5.82. The van der Waals surface area contributed by atoms with E-state index in [2.05, 4.69) is 4.74 Å². The molecule has 0 amide bonds. The van der Waals surface area contributed by atoms with Gasteiger partial charge in [0.25, 0.3) is 0 Å². The second kappa shape index (κ2) is 8.48. The van der Waals surface area contributed by atoms with E-state index in [4.69, 9.17) is 9.29 Å². The third-order valence-corrected chi connectivity index (χ3v) is 5.54. The van der Waals surface area contributed by atoms with Crippen LogP contribution in [0.4, 0.5) is 13.2 Å². The number of benzene rings is 2. The Balaban J connectivity index is 2.13. The summed E-state index contributed by atoms with van der Waals surface area (Å²) in [6.07, 6.45) is 0. The summed E-state index contributed by atoms with van der Waals surface area (Å²) in [7, 11) is -5.70. The molecule has 0 bridgehead atoms. The van der Waals surface area contributed by atoms with Crippen LogP contribution in [0.2, 0.25) is 0 Å². The van der Waals surface area contributed by atoms with Gasteiger partial charge in [-0.05, 0) is 72.3 Å². The van der Waals surface area contributed by atoms with Crippen molar-refractivity contribution in [3.8, 4) is 5.75 Å². The summed E-state index contributed by atoms with van der Waals surface area (Å²) in [4.78, 5) is 11.9. The van der Waals surface area contributed by atoms with Crippen LogP contribution in [-0.2, 0) is 20.5 Å². The number of halogens is 4. The maximum Gasteiger partial charge on any atom is 0.402 e. The molecule has 2 aromatic carbocycles. The predicted octanol–water partition coefficient (Wildman–Crippen LogP) is 4.38. The normalized spacial score (nSPS) is 12.5. The van der Waals surface area contributed by atoms with Gasteiger partial charge in [0.05, 0.1) is 9.13 Å². The fourth-order valence-electron chi connectivity index (χ4n) is 2.20. The number of hydrogen-bond donors (Lipinski definition) is 1. The van der Waals surface area contributed by atoms with Crippen LogP contribution in [0.3, 0.4) is 0 Å². The van der Waals surface area contributed by atoms with Gasteiger partial charge in [-0.25, -0.2) is 9.18 Å². The van der Waals surface area contributed by atoms with Crippen LogP contribution in [0.15, 0.2) is 42.5 Å². The number of rotatable bonds is 7. The number of carbonyl (C=O) groups excluding carboxylic acids is 1. The fraction of sp³-hybridized carbons (Fsp3) is 0.278. The first kappa shape index (κ1) is 23.4. The van der Waals surface area contributed by atoms with Gasteiger partial charge in [0.15, 0.2) is 6.61 Å². The van der Waals surface area contributed by atoms with Crippen molar-refractivity contribution in [3.63, 3.8) is 0 Å². The van der Waals surface area contributed by atoms with Gasteiger partial charge in [0.1, 0.15) is 17.2 Å². The minimum atomic E-state index is -5.70. The average molecular weight is 544 g/mol. The Kier molecular flexibility index (Phi) is 6.85. The number of alkyl halides is 2. The second-order valence-electron chi connectivity index (χ2n) is 6.45. The molecule has 0 saturated heterocycles. The van der Waals surface area contributed by atoms with E-state index < -0.39 is 33.5 Å². The number of hydrogen-bond acceptors (Lipinski definition) is 5. The number of carbonyl (C=O) groups is 1. The molecular formula is C18H16F3IO6S. The van der Waals surface area contributed by atoms with Crippen LogP contribution in [0, 0.1) is 9.39 Å². The van der Waals surface area contributed by atoms with E-state index in [-0.39, 0.29) is 11.4 Å². The molecule has 0 heterocycles. The first-order valence-corrected chi connectivity index (χ1v) is 10.5. The summed E-state index contributed by atoms with van der Waals surface area (Å²) in [6, 6.07) is 9.73. The summed E-state index contributed by atoms with van der Waals surface area (Å²) < 4.78 is 79.6. The van der Waals surface area contributed by atoms with Crippen LogP contribution in [0.25, 0.3) is 0 Å². The topological polar surface area (TPSA) is 89.9 Å². The molecule has 0 aliphatic rings. The van der Waals surface area contributed by atoms with E-state index in [1.54, 1.807) is 26.0 Å². The van der Waals surface area contributed by atoms with Gasteiger partial charge in [-0.15, -0.1) is 0 Å². The molecule has 0 radical (unpaired) electrons. The van der Waals surface area contributed by atoms with Crippen LogP contribution in [0.5, 0.6) is 5.75 Å². The van der Waals surface area contributed by atoms with Gasteiger partial charge < -0.3 is 9.47 Å². The first-order valence-electron chi connectivity index (χ1n) is 7.99. The Morgan fingerprint density at radius 1 is 1.14 bits per heavy atom. The van der Waals surface area contributed by atoms with Crippen molar-refractivity contribution < 1.29 is 40.4 Å². The summed E-state index contributed by atoms with van der Waals surface area (Å²) in [6.45, 7) is 1.70. The smallest absolute Gasteiger partial charge is 0.402 e. The maximum absolute atomic E-state index is 13.2. The molecule has 11 heteroatoms. The molecule has 0 fully saturated rings. The van der Waals surface area contributed by atoms with E-state index in [9.17, 15) is 26.4 Å². The molecule has 0 unspecified atom stereocenters. The predicted molar refractivity (Wildman–Crippen MR) is 106 cm³/mol. The van der Waals surface area contributed by atoms with Gasteiger partial charge in [-0.1, -0.05) is 12.1 Å². The summed E-state index contributed by atoms with van der Waals surface area (Å²) in [5.74, 6) is -1.21. The molecule has 29 heavy (non-hydrogen) atoms. The van der Waals surface area contributed by atoms with Crippen molar-refractivity contribution in [2.75, 3.05) is 6.61 Å². The lowest BCUT2D eigenvalue weighted by atomic mass is 9.98. The van der Waals surface area contributed by atoms with Crippen molar-refractivity contribution in [3.05, 3.63) is 63.0 Å². The minimum absolute atomic E-state index is 0.118. The number of ether oxygens (including phenoxy) is 2. The zero-order chi connectivity index (χ0) is 22.0. The quantitative estimate of drug-likeness (QED) is 0.316.